The van der Waals surface area contributed by atoms with E-state index in [1.54, 1.807) is 30.2 Å². The van der Waals surface area contributed by atoms with E-state index in [1.807, 2.05) is 0 Å². The Labute approximate surface area is 109 Å². The van der Waals surface area contributed by atoms with Gasteiger partial charge in [-0.25, -0.2) is 4.79 Å². The van der Waals surface area contributed by atoms with Crippen molar-refractivity contribution in [2.24, 2.45) is 7.05 Å². The predicted octanol–water partition coefficient (Wildman–Crippen LogP) is -0.207. The smallest absolute Gasteiger partial charge is 0.331 e. The second kappa shape index (κ2) is 5.23. The van der Waals surface area contributed by atoms with Crippen molar-refractivity contribution in [3.8, 4) is 0 Å². The van der Waals surface area contributed by atoms with Crippen LogP contribution in [-0.4, -0.2) is 45.5 Å². The first-order chi connectivity index (χ1) is 9.02. The molecule has 1 fully saturated rings. The molecule has 102 valence electrons. The minimum Gasteiger partial charge on any atom is -0.479 e. The number of nitrogens with zero attached hydrogens (tertiary/aromatic N) is 2. The van der Waals surface area contributed by atoms with Crippen molar-refractivity contribution in [1.29, 1.82) is 0 Å². The van der Waals surface area contributed by atoms with Crippen LogP contribution < -0.4 is 5.32 Å². The third-order valence-corrected chi connectivity index (χ3v) is 2.95. The molecule has 1 saturated heterocycles. The van der Waals surface area contributed by atoms with Gasteiger partial charge in [0, 0.05) is 37.9 Å². The van der Waals surface area contributed by atoms with E-state index in [9.17, 15) is 9.59 Å². The van der Waals surface area contributed by atoms with E-state index in [-0.39, 0.29) is 13.0 Å². The molecule has 19 heavy (non-hydrogen) atoms. The lowest BCUT2D eigenvalue weighted by atomic mass is 9.99. The van der Waals surface area contributed by atoms with Crippen molar-refractivity contribution >= 4 is 18.0 Å². The summed E-state index contributed by atoms with van der Waals surface area (Å²) in [5.74, 6) is -1.54. The van der Waals surface area contributed by atoms with Crippen LogP contribution in [-0.2, 0) is 21.4 Å². The molecular formula is C12H15N3O4. The lowest BCUT2D eigenvalue weighted by Gasteiger charge is -2.22. The third kappa shape index (κ3) is 3.00. The van der Waals surface area contributed by atoms with Crippen LogP contribution in [0.1, 0.15) is 12.0 Å². The van der Waals surface area contributed by atoms with Gasteiger partial charge in [-0.3, -0.25) is 9.48 Å². The number of amides is 1. The lowest BCUT2D eigenvalue weighted by Crippen LogP contribution is -2.54. The van der Waals surface area contributed by atoms with Gasteiger partial charge in [0.15, 0.2) is 5.54 Å². The van der Waals surface area contributed by atoms with Crippen molar-refractivity contribution < 1.29 is 19.4 Å². The number of hydrogen-bond donors (Lipinski definition) is 2. The van der Waals surface area contributed by atoms with E-state index in [4.69, 9.17) is 9.84 Å². The number of rotatable bonds is 4. The summed E-state index contributed by atoms with van der Waals surface area (Å²) in [5, 5.41) is 15.6. The van der Waals surface area contributed by atoms with E-state index in [1.165, 1.54) is 6.08 Å². The van der Waals surface area contributed by atoms with Gasteiger partial charge in [-0.2, -0.15) is 5.10 Å². The molecule has 0 spiro atoms. The van der Waals surface area contributed by atoms with Gasteiger partial charge in [0.2, 0.25) is 5.91 Å². The number of carboxylic acid groups (broad SMARTS) is 1. The SMILES string of the molecule is Cn1cc(C=CC(=O)NC2(C(=O)O)CCOC2)cn1. The van der Waals surface area contributed by atoms with Crippen LogP contribution in [0.2, 0.25) is 0 Å². The summed E-state index contributed by atoms with van der Waals surface area (Å²) in [6.45, 7) is 0.327. The molecule has 0 aromatic carbocycles. The fraction of sp³-hybridized carbons (Fsp3) is 0.417. The Morgan fingerprint density at radius 2 is 2.42 bits per heavy atom. The molecule has 1 aromatic heterocycles. The molecule has 0 bridgehead atoms. The highest BCUT2D eigenvalue weighted by atomic mass is 16.5. The van der Waals surface area contributed by atoms with Gasteiger partial charge in [-0.05, 0) is 6.08 Å². The Balaban J connectivity index is 2.00. The number of aryl methyl sites for hydroxylation is 1. The maximum atomic E-state index is 11.7. The van der Waals surface area contributed by atoms with Crippen LogP contribution in [0, 0.1) is 0 Å². The zero-order valence-electron chi connectivity index (χ0n) is 10.5. The van der Waals surface area contributed by atoms with Gasteiger partial charge in [0.25, 0.3) is 0 Å². The van der Waals surface area contributed by atoms with Crippen LogP contribution in [0.4, 0.5) is 0 Å². The van der Waals surface area contributed by atoms with E-state index < -0.39 is 17.4 Å². The van der Waals surface area contributed by atoms with Crippen LogP contribution in [0.15, 0.2) is 18.5 Å². The van der Waals surface area contributed by atoms with E-state index in [2.05, 4.69) is 10.4 Å². The first-order valence-corrected chi connectivity index (χ1v) is 5.82. The molecule has 2 N–H and O–H groups in total. The van der Waals surface area contributed by atoms with E-state index >= 15 is 0 Å². The number of nitrogens with one attached hydrogen (secondary N) is 1. The molecule has 2 rings (SSSR count). The van der Waals surface area contributed by atoms with Crippen molar-refractivity contribution in [2.45, 2.75) is 12.0 Å². The minimum atomic E-state index is -1.31. The average molecular weight is 265 g/mol. The number of carbonyl (C=O) groups is 2. The first kappa shape index (κ1) is 13.3. The zero-order valence-corrected chi connectivity index (χ0v) is 10.5. The Hall–Kier alpha value is -2.15. The Morgan fingerprint density at radius 3 is 2.95 bits per heavy atom. The minimum absolute atomic E-state index is 0.00515. The highest BCUT2D eigenvalue weighted by molar-refractivity contribution is 5.95. The molecule has 1 aliphatic heterocycles. The van der Waals surface area contributed by atoms with Gasteiger partial charge >= 0.3 is 5.97 Å². The largest absolute Gasteiger partial charge is 0.479 e. The van der Waals surface area contributed by atoms with E-state index in [0.717, 1.165) is 5.56 Å². The van der Waals surface area contributed by atoms with Crippen LogP contribution >= 0.6 is 0 Å². The Kier molecular flexibility index (Phi) is 3.66. The summed E-state index contributed by atoms with van der Waals surface area (Å²) < 4.78 is 6.67. The highest BCUT2D eigenvalue weighted by Gasteiger charge is 2.43. The molecule has 0 radical (unpaired) electrons. The van der Waals surface area contributed by atoms with Crippen LogP contribution in [0.5, 0.6) is 0 Å². The van der Waals surface area contributed by atoms with Crippen molar-refractivity contribution in [2.75, 3.05) is 13.2 Å². The topological polar surface area (TPSA) is 93.5 Å². The summed E-state index contributed by atoms with van der Waals surface area (Å²) in [7, 11) is 1.77. The summed E-state index contributed by atoms with van der Waals surface area (Å²) in [5.41, 5.74) is -0.541. The van der Waals surface area contributed by atoms with Gasteiger partial charge in [-0.1, -0.05) is 0 Å². The second-order valence-corrected chi connectivity index (χ2v) is 4.46. The summed E-state index contributed by atoms with van der Waals surface area (Å²) in [6.07, 6.45) is 6.49. The Morgan fingerprint density at radius 1 is 1.63 bits per heavy atom. The summed E-state index contributed by atoms with van der Waals surface area (Å²) in [4.78, 5) is 22.9. The number of aliphatic carboxylic acids is 1. The predicted molar refractivity (Wildman–Crippen MR) is 66.2 cm³/mol. The molecule has 1 amide bonds. The number of carboxylic acids is 1. The molecule has 0 aliphatic carbocycles. The lowest BCUT2D eigenvalue weighted by molar-refractivity contribution is -0.147. The molecule has 0 saturated carbocycles. The zero-order chi connectivity index (χ0) is 13.9. The molecular weight excluding hydrogens is 250 g/mol. The molecule has 7 nitrogen and oxygen atoms in total. The van der Waals surface area contributed by atoms with Crippen molar-refractivity contribution in [3.05, 3.63) is 24.0 Å². The third-order valence-electron chi connectivity index (χ3n) is 2.95. The van der Waals surface area contributed by atoms with Crippen molar-refractivity contribution in [1.82, 2.24) is 15.1 Å². The summed E-state index contributed by atoms with van der Waals surface area (Å²) in [6, 6.07) is 0. The number of ether oxygens (including phenoxy) is 1. The summed E-state index contributed by atoms with van der Waals surface area (Å²) >= 11 is 0. The van der Waals surface area contributed by atoms with Gasteiger partial charge in [-0.15, -0.1) is 0 Å². The maximum Gasteiger partial charge on any atom is 0.331 e. The maximum absolute atomic E-state index is 11.7. The van der Waals surface area contributed by atoms with Gasteiger partial charge in [0.1, 0.15) is 0 Å². The van der Waals surface area contributed by atoms with E-state index in [0.29, 0.717) is 6.61 Å². The molecule has 7 heteroatoms. The van der Waals surface area contributed by atoms with Gasteiger partial charge in [0.05, 0.1) is 12.8 Å². The fourth-order valence-corrected chi connectivity index (χ4v) is 1.86. The second-order valence-electron chi connectivity index (χ2n) is 4.46. The number of hydrogen-bond acceptors (Lipinski definition) is 4. The quantitative estimate of drug-likeness (QED) is 0.735. The standard InChI is InChI=1S/C12H15N3O4/c1-15-7-9(6-13-15)2-3-10(16)14-12(11(17)18)4-5-19-8-12/h2-3,6-7H,4-5,8H2,1H3,(H,14,16)(H,17,18). The molecule has 1 aliphatic rings. The van der Waals surface area contributed by atoms with Crippen LogP contribution in [0.3, 0.4) is 0 Å². The normalized spacial score (nSPS) is 22.8. The molecule has 1 unspecified atom stereocenters. The number of aromatic nitrogens is 2. The van der Waals surface area contributed by atoms with Crippen LogP contribution in [0.25, 0.3) is 6.08 Å². The van der Waals surface area contributed by atoms with Crippen molar-refractivity contribution in [3.63, 3.8) is 0 Å². The Bertz CT molecular complexity index is 515. The van der Waals surface area contributed by atoms with Gasteiger partial charge < -0.3 is 15.2 Å². The first-order valence-electron chi connectivity index (χ1n) is 5.82. The fourth-order valence-electron chi connectivity index (χ4n) is 1.86. The highest BCUT2D eigenvalue weighted by Crippen LogP contribution is 2.18. The molecule has 1 aromatic rings. The molecule has 2 heterocycles. The monoisotopic (exact) mass is 265 g/mol. The average Bonchev–Trinajstić information content (AvgIpc) is 2.97. The number of carbonyl (C=O) groups excluding carboxylic acids is 1. The molecule has 1 atom stereocenters.